The van der Waals surface area contributed by atoms with Gasteiger partial charge in [-0.15, -0.1) is 0 Å². The number of nitriles is 1. The fourth-order valence-electron chi connectivity index (χ4n) is 2.93. The normalized spacial score (nSPS) is 13.9. The van der Waals surface area contributed by atoms with Crippen LogP contribution in [0.1, 0.15) is 41.6 Å². The fourth-order valence-corrected chi connectivity index (χ4v) is 3.70. The number of thioether (sulfide) groups is 1. The molecule has 0 fully saturated rings. The Morgan fingerprint density at radius 1 is 1.25 bits per heavy atom. The average Bonchev–Trinajstić information content (AvgIpc) is 2.90. The van der Waals surface area contributed by atoms with Gasteiger partial charge in [-0.2, -0.15) is 18.4 Å². The molecular weight excluding hydrogens is 389 g/mol. The lowest BCUT2D eigenvalue weighted by molar-refractivity contribution is -0.137. The van der Waals surface area contributed by atoms with Crippen LogP contribution in [0.15, 0.2) is 29.4 Å². The number of carbonyl (C=O) groups excluding carboxylic acids is 1. The van der Waals surface area contributed by atoms with Crippen molar-refractivity contribution in [1.82, 2.24) is 9.97 Å². The Labute approximate surface area is 164 Å². The van der Waals surface area contributed by atoms with Crippen LogP contribution >= 0.6 is 11.8 Å². The van der Waals surface area contributed by atoms with E-state index in [9.17, 15) is 23.2 Å². The zero-order chi connectivity index (χ0) is 20.1. The smallest absolute Gasteiger partial charge is 0.310 e. The Morgan fingerprint density at radius 3 is 2.71 bits per heavy atom. The SMILES string of the molecule is N#Cc1cc2c(nc1SCC(=O)Nc1ccc(C(F)(F)F)cn1)CCCCC2. The van der Waals surface area contributed by atoms with E-state index in [1.165, 1.54) is 0 Å². The molecule has 0 bridgehead atoms. The van der Waals surface area contributed by atoms with Crippen LogP contribution in [0.2, 0.25) is 0 Å². The molecule has 0 aliphatic heterocycles. The second-order valence-electron chi connectivity index (χ2n) is 6.39. The summed E-state index contributed by atoms with van der Waals surface area (Å²) in [6, 6.07) is 5.94. The van der Waals surface area contributed by atoms with E-state index < -0.39 is 17.6 Å². The molecule has 1 N–H and O–H groups in total. The topological polar surface area (TPSA) is 78.7 Å². The molecule has 1 aliphatic rings. The van der Waals surface area contributed by atoms with Gasteiger partial charge in [0.1, 0.15) is 16.9 Å². The summed E-state index contributed by atoms with van der Waals surface area (Å²) in [7, 11) is 0. The van der Waals surface area contributed by atoms with Crippen LogP contribution in [0.4, 0.5) is 19.0 Å². The number of aryl methyl sites for hydroxylation is 2. The van der Waals surface area contributed by atoms with Crippen LogP contribution in [0, 0.1) is 11.3 Å². The predicted octanol–water partition coefficient (Wildman–Crippen LogP) is 4.37. The number of hydrogen-bond acceptors (Lipinski definition) is 5. The zero-order valence-electron chi connectivity index (χ0n) is 14.8. The van der Waals surface area contributed by atoms with Crippen molar-refractivity contribution in [3.05, 3.63) is 46.8 Å². The van der Waals surface area contributed by atoms with Gasteiger partial charge in [0.2, 0.25) is 5.91 Å². The van der Waals surface area contributed by atoms with Crippen molar-refractivity contribution >= 4 is 23.5 Å². The van der Waals surface area contributed by atoms with E-state index in [4.69, 9.17) is 0 Å². The van der Waals surface area contributed by atoms with Crippen molar-refractivity contribution in [2.75, 3.05) is 11.1 Å². The molecule has 0 saturated heterocycles. The molecule has 2 aromatic heterocycles. The average molecular weight is 406 g/mol. The largest absolute Gasteiger partial charge is 0.417 e. The summed E-state index contributed by atoms with van der Waals surface area (Å²) < 4.78 is 37.6. The molecule has 1 amide bonds. The van der Waals surface area contributed by atoms with E-state index in [2.05, 4.69) is 21.4 Å². The molecule has 2 aromatic rings. The molecule has 5 nitrogen and oxygen atoms in total. The lowest BCUT2D eigenvalue weighted by atomic mass is 10.1. The summed E-state index contributed by atoms with van der Waals surface area (Å²) in [6.07, 6.45) is 1.22. The first-order valence-corrected chi connectivity index (χ1v) is 9.74. The molecule has 2 heterocycles. The Hall–Kier alpha value is -2.60. The molecule has 28 heavy (non-hydrogen) atoms. The van der Waals surface area contributed by atoms with E-state index in [0.29, 0.717) is 16.8 Å². The lowest BCUT2D eigenvalue weighted by Gasteiger charge is -2.10. The number of carbonyl (C=O) groups is 1. The van der Waals surface area contributed by atoms with Crippen molar-refractivity contribution in [3.63, 3.8) is 0 Å². The number of halogens is 3. The first-order chi connectivity index (χ1) is 13.4. The molecule has 0 saturated carbocycles. The third-order valence-electron chi connectivity index (χ3n) is 4.33. The molecule has 3 rings (SSSR count). The molecule has 9 heteroatoms. The van der Waals surface area contributed by atoms with Gasteiger partial charge in [0.05, 0.1) is 16.9 Å². The first kappa shape index (κ1) is 20.1. The van der Waals surface area contributed by atoms with Crippen molar-refractivity contribution in [1.29, 1.82) is 5.26 Å². The van der Waals surface area contributed by atoms with Gasteiger partial charge in [-0.3, -0.25) is 4.79 Å². The number of aromatic nitrogens is 2. The van der Waals surface area contributed by atoms with Crippen LogP contribution in [0.5, 0.6) is 0 Å². The monoisotopic (exact) mass is 406 g/mol. The fraction of sp³-hybridized carbons (Fsp3) is 0.368. The number of alkyl halides is 3. The highest BCUT2D eigenvalue weighted by Crippen LogP contribution is 2.29. The van der Waals surface area contributed by atoms with E-state index in [1.54, 1.807) is 0 Å². The number of fused-ring (bicyclic) bond motifs is 1. The van der Waals surface area contributed by atoms with Crippen molar-refractivity contribution in [2.45, 2.75) is 43.3 Å². The number of hydrogen-bond donors (Lipinski definition) is 1. The first-order valence-electron chi connectivity index (χ1n) is 8.75. The maximum atomic E-state index is 12.5. The number of rotatable bonds is 4. The van der Waals surface area contributed by atoms with Crippen LogP contribution in [0.3, 0.4) is 0 Å². The second-order valence-corrected chi connectivity index (χ2v) is 7.35. The second kappa shape index (κ2) is 8.61. The highest BCUT2D eigenvalue weighted by Gasteiger charge is 2.30. The number of nitrogens with one attached hydrogen (secondary N) is 1. The number of nitrogens with zero attached hydrogens (tertiary/aromatic N) is 3. The van der Waals surface area contributed by atoms with Gasteiger partial charge in [-0.05, 0) is 49.4 Å². The summed E-state index contributed by atoms with van der Waals surface area (Å²) in [5, 5.41) is 12.3. The summed E-state index contributed by atoms with van der Waals surface area (Å²) in [5.74, 6) is -0.421. The summed E-state index contributed by atoms with van der Waals surface area (Å²) >= 11 is 1.13. The van der Waals surface area contributed by atoms with Gasteiger partial charge < -0.3 is 5.32 Å². The number of anilines is 1. The lowest BCUT2D eigenvalue weighted by Crippen LogP contribution is -2.16. The van der Waals surface area contributed by atoms with Gasteiger partial charge in [-0.1, -0.05) is 18.2 Å². The highest BCUT2D eigenvalue weighted by atomic mass is 32.2. The summed E-state index contributed by atoms with van der Waals surface area (Å²) in [6.45, 7) is 0. The highest BCUT2D eigenvalue weighted by molar-refractivity contribution is 8.00. The van der Waals surface area contributed by atoms with Gasteiger partial charge in [0.15, 0.2) is 0 Å². The summed E-state index contributed by atoms with van der Waals surface area (Å²) in [5.41, 5.74) is 1.62. The minimum atomic E-state index is -4.48. The molecule has 0 radical (unpaired) electrons. The molecule has 0 unspecified atom stereocenters. The van der Waals surface area contributed by atoms with Gasteiger partial charge in [0, 0.05) is 11.9 Å². The Morgan fingerprint density at radius 2 is 2.04 bits per heavy atom. The van der Waals surface area contributed by atoms with Gasteiger partial charge in [0.25, 0.3) is 0 Å². The van der Waals surface area contributed by atoms with Crippen molar-refractivity contribution < 1.29 is 18.0 Å². The van der Waals surface area contributed by atoms with E-state index in [1.807, 2.05) is 6.07 Å². The van der Waals surface area contributed by atoms with Crippen LogP contribution in [-0.4, -0.2) is 21.6 Å². The van der Waals surface area contributed by atoms with E-state index in [-0.39, 0.29) is 11.6 Å². The minimum Gasteiger partial charge on any atom is -0.310 e. The van der Waals surface area contributed by atoms with Gasteiger partial charge >= 0.3 is 6.18 Å². The quantitative estimate of drug-likeness (QED) is 0.603. The van der Waals surface area contributed by atoms with Crippen LogP contribution in [-0.2, 0) is 23.8 Å². The summed E-state index contributed by atoms with van der Waals surface area (Å²) in [4.78, 5) is 20.3. The Balaban J connectivity index is 1.64. The Bertz CT molecular complexity index is 907. The van der Waals surface area contributed by atoms with Crippen LogP contribution < -0.4 is 5.32 Å². The molecule has 0 spiro atoms. The van der Waals surface area contributed by atoms with Crippen molar-refractivity contribution in [2.24, 2.45) is 0 Å². The van der Waals surface area contributed by atoms with E-state index in [0.717, 1.165) is 67.3 Å². The third-order valence-corrected chi connectivity index (χ3v) is 5.33. The Kier molecular flexibility index (Phi) is 6.19. The molecule has 1 aliphatic carbocycles. The number of pyridine rings is 2. The molecule has 0 aromatic carbocycles. The zero-order valence-corrected chi connectivity index (χ0v) is 15.7. The third kappa shape index (κ3) is 5.01. The van der Waals surface area contributed by atoms with Gasteiger partial charge in [-0.25, -0.2) is 9.97 Å². The molecule has 146 valence electrons. The minimum absolute atomic E-state index is 0.0246. The maximum absolute atomic E-state index is 12.5. The van der Waals surface area contributed by atoms with Crippen LogP contribution in [0.25, 0.3) is 0 Å². The van der Waals surface area contributed by atoms with E-state index >= 15 is 0 Å². The molecule has 0 atom stereocenters. The molecular formula is C19H17F3N4OS. The standard InChI is InChI=1S/C19H17F3N4OS/c20-19(21,22)14-6-7-16(24-10-14)26-17(27)11-28-18-13(9-23)8-12-4-2-1-3-5-15(12)25-18/h6-8,10H,1-5,11H2,(H,24,26,27). The number of amides is 1. The predicted molar refractivity (Wildman–Crippen MR) is 98.8 cm³/mol. The maximum Gasteiger partial charge on any atom is 0.417 e. The van der Waals surface area contributed by atoms with Crippen molar-refractivity contribution in [3.8, 4) is 6.07 Å².